The minimum Gasteiger partial charge on any atom is -0.404 e. The second-order valence-electron chi connectivity index (χ2n) is 2.79. The Morgan fingerprint density at radius 2 is 2.13 bits per heavy atom. The predicted octanol–water partition coefficient (Wildman–Crippen LogP) is 1.07. The molecule has 84 valence electrons. The summed E-state index contributed by atoms with van der Waals surface area (Å²) in [5, 5.41) is 8.77. The lowest BCUT2D eigenvalue weighted by Gasteiger charge is -2.12. The quantitative estimate of drug-likeness (QED) is 0.788. The van der Waals surface area contributed by atoms with Crippen LogP contribution in [-0.2, 0) is 6.61 Å². The van der Waals surface area contributed by atoms with E-state index in [-0.39, 0.29) is 11.1 Å². The Kier molecular flexibility index (Phi) is 3.04. The largest absolute Gasteiger partial charge is 0.573 e. The van der Waals surface area contributed by atoms with E-state index in [0.29, 0.717) is 0 Å². The molecule has 1 aromatic rings. The molecule has 0 saturated carbocycles. The maximum atomic E-state index is 11.9. The highest BCUT2D eigenvalue weighted by Crippen LogP contribution is 2.25. The van der Waals surface area contributed by atoms with Crippen molar-refractivity contribution < 1.29 is 23.0 Å². The third kappa shape index (κ3) is 2.72. The molecule has 0 aromatic carbocycles. The number of pyridine rings is 1. The Morgan fingerprint density at radius 3 is 2.60 bits per heavy atom. The molecule has 4 nitrogen and oxygen atoms in total. The van der Waals surface area contributed by atoms with Gasteiger partial charge in [0.25, 0.3) is 5.56 Å². The van der Waals surface area contributed by atoms with Crippen molar-refractivity contribution in [1.82, 2.24) is 4.98 Å². The number of nitrogens with one attached hydrogen (secondary N) is 1. The first-order chi connectivity index (χ1) is 6.85. The summed E-state index contributed by atoms with van der Waals surface area (Å²) in [6.07, 6.45) is -4.01. The van der Waals surface area contributed by atoms with Gasteiger partial charge in [0.05, 0.1) is 6.61 Å². The van der Waals surface area contributed by atoms with Gasteiger partial charge in [0, 0.05) is 17.3 Å². The van der Waals surface area contributed by atoms with Gasteiger partial charge in [-0.25, -0.2) is 0 Å². The number of H-pyrrole nitrogens is 1. The number of aliphatic hydroxyl groups excluding tert-OH is 1. The Morgan fingerprint density at radius 1 is 1.53 bits per heavy atom. The van der Waals surface area contributed by atoms with Crippen molar-refractivity contribution in [2.45, 2.75) is 19.9 Å². The number of halogens is 3. The first-order valence-electron chi connectivity index (χ1n) is 3.93. The second-order valence-corrected chi connectivity index (χ2v) is 2.79. The third-order valence-corrected chi connectivity index (χ3v) is 1.81. The van der Waals surface area contributed by atoms with E-state index < -0.39 is 24.3 Å². The van der Waals surface area contributed by atoms with Crippen LogP contribution in [0.2, 0.25) is 0 Å². The number of hydrogen-bond acceptors (Lipinski definition) is 3. The lowest BCUT2D eigenvalue weighted by molar-refractivity contribution is -0.275. The lowest BCUT2D eigenvalue weighted by Crippen LogP contribution is -2.21. The molecule has 0 aliphatic rings. The highest BCUT2D eigenvalue weighted by molar-refractivity contribution is 5.35. The average Bonchev–Trinajstić information content (AvgIpc) is 2.09. The third-order valence-electron chi connectivity index (χ3n) is 1.81. The van der Waals surface area contributed by atoms with Gasteiger partial charge in [-0.3, -0.25) is 4.79 Å². The molecule has 7 heteroatoms. The van der Waals surface area contributed by atoms with Crippen LogP contribution in [-0.4, -0.2) is 16.5 Å². The highest BCUT2D eigenvalue weighted by atomic mass is 19.4. The molecule has 1 rings (SSSR count). The molecule has 0 spiro atoms. The van der Waals surface area contributed by atoms with Crippen LogP contribution in [0.4, 0.5) is 13.2 Å². The van der Waals surface area contributed by atoms with Gasteiger partial charge in [-0.1, -0.05) is 0 Å². The topological polar surface area (TPSA) is 62.3 Å². The maximum absolute atomic E-state index is 11.9. The zero-order chi connectivity index (χ0) is 11.6. The summed E-state index contributed by atoms with van der Waals surface area (Å²) >= 11 is 0. The molecule has 0 bridgehead atoms. The molecule has 0 aliphatic carbocycles. The molecule has 1 heterocycles. The second kappa shape index (κ2) is 3.93. The zero-order valence-corrected chi connectivity index (χ0v) is 7.68. The Balaban J connectivity index is 3.17. The summed E-state index contributed by atoms with van der Waals surface area (Å²) in [6.45, 7) is 0.623. The number of alkyl halides is 3. The zero-order valence-electron chi connectivity index (χ0n) is 7.68. The first kappa shape index (κ1) is 11.6. The van der Waals surface area contributed by atoms with Crippen molar-refractivity contribution in [2.75, 3.05) is 0 Å². The number of ether oxygens (including phenoxy) is 1. The fourth-order valence-corrected chi connectivity index (χ4v) is 1.07. The molecule has 2 N–H and O–H groups in total. The number of rotatable bonds is 2. The van der Waals surface area contributed by atoms with Crippen LogP contribution in [0.25, 0.3) is 0 Å². The molecule has 0 amide bonds. The summed E-state index contributed by atoms with van der Waals surface area (Å²) < 4.78 is 39.3. The van der Waals surface area contributed by atoms with Gasteiger partial charge in [0.15, 0.2) is 0 Å². The standard InChI is InChI=1S/C8H8F3NO3/c1-4-5(3-13)7(14)12-2-6(4)15-8(9,10)11/h2,13H,3H2,1H3,(H,12,14). The van der Waals surface area contributed by atoms with Crippen molar-refractivity contribution in [3.63, 3.8) is 0 Å². The summed E-state index contributed by atoms with van der Waals surface area (Å²) in [7, 11) is 0. The van der Waals surface area contributed by atoms with Crippen LogP contribution in [0.1, 0.15) is 11.1 Å². The molecular weight excluding hydrogens is 215 g/mol. The van der Waals surface area contributed by atoms with Crippen LogP contribution in [0.3, 0.4) is 0 Å². The minimum absolute atomic E-state index is 0.0291. The Hall–Kier alpha value is -1.50. The van der Waals surface area contributed by atoms with Crippen LogP contribution >= 0.6 is 0 Å². The molecule has 0 unspecified atom stereocenters. The van der Waals surface area contributed by atoms with Crippen molar-refractivity contribution in [3.8, 4) is 5.75 Å². The van der Waals surface area contributed by atoms with Crippen LogP contribution in [0.15, 0.2) is 11.0 Å². The average molecular weight is 223 g/mol. The molecule has 0 radical (unpaired) electrons. The van der Waals surface area contributed by atoms with Crippen LogP contribution in [0, 0.1) is 6.92 Å². The van der Waals surface area contributed by atoms with Gasteiger partial charge in [-0.15, -0.1) is 13.2 Å². The molecule has 15 heavy (non-hydrogen) atoms. The molecule has 0 aliphatic heterocycles. The molecule has 0 fully saturated rings. The Labute approximate surface area is 82.3 Å². The normalized spacial score (nSPS) is 11.5. The van der Waals surface area contributed by atoms with Crippen molar-refractivity contribution in [1.29, 1.82) is 0 Å². The fourth-order valence-electron chi connectivity index (χ4n) is 1.07. The maximum Gasteiger partial charge on any atom is 0.573 e. The summed E-state index contributed by atoms with van der Waals surface area (Å²) in [5.74, 6) is -0.522. The van der Waals surface area contributed by atoms with Gasteiger partial charge in [-0.05, 0) is 6.92 Å². The molecule has 0 saturated heterocycles. The first-order valence-corrected chi connectivity index (χ1v) is 3.93. The van der Waals surface area contributed by atoms with E-state index in [1.165, 1.54) is 6.92 Å². The SMILES string of the molecule is Cc1c(OC(F)(F)F)c[nH]c(=O)c1CO. The summed E-state index contributed by atoms with van der Waals surface area (Å²) in [5.41, 5.74) is -0.806. The Bertz CT molecular complexity index is 411. The van der Waals surface area contributed by atoms with E-state index >= 15 is 0 Å². The monoisotopic (exact) mass is 223 g/mol. The van der Waals surface area contributed by atoms with Gasteiger partial charge in [0.1, 0.15) is 5.75 Å². The molecular formula is C8H8F3NO3. The summed E-state index contributed by atoms with van der Waals surface area (Å²) in [4.78, 5) is 13.1. The smallest absolute Gasteiger partial charge is 0.404 e. The van der Waals surface area contributed by atoms with E-state index in [1.807, 2.05) is 4.98 Å². The molecule has 0 atom stereocenters. The number of aliphatic hydroxyl groups is 1. The lowest BCUT2D eigenvalue weighted by atomic mass is 10.1. The van der Waals surface area contributed by atoms with E-state index in [0.717, 1.165) is 6.20 Å². The predicted molar refractivity (Wildman–Crippen MR) is 44.4 cm³/mol. The van der Waals surface area contributed by atoms with Gasteiger partial charge >= 0.3 is 6.36 Å². The number of aromatic amines is 1. The van der Waals surface area contributed by atoms with Crippen molar-refractivity contribution in [3.05, 3.63) is 27.7 Å². The van der Waals surface area contributed by atoms with Crippen molar-refractivity contribution in [2.24, 2.45) is 0 Å². The van der Waals surface area contributed by atoms with Gasteiger partial charge < -0.3 is 14.8 Å². The highest BCUT2D eigenvalue weighted by Gasteiger charge is 2.32. The minimum atomic E-state index is -4.82. The van der Waals surface area contributed by atoms with Crippen molar-refractivity contribution >= 4 is 0 Å². The van der Waals surface area contributed by atoms with Gasteiger partial charge in [-0.2, -0.15) is 0 Å². The van der Waals surface area contributed by atoms with E-state index in [1.54, 1.807) is 0 Å². The number of hydrogen-bond donors (Lipinski definition) is 2. The van der Waals surface area contributed by atoms with E-state index in [2.05, 4.69) is 4.74 Å². The van der Waals surface area contributed by atoms with Gasteiger partial charge in [0.2, 0.25) is 0 Å². The fraction of sp³-hybridized carbons (Fsp3) is 0.375. The number of aromatic nitrogens is 1. The van der Waals surface area contributed by atoms with Crippen LogP contribution < -0.4 is 10.3 Å². The van der Waals surface area contributed by atoms with E-state index in [9.17, 15) is 18.0 Å². The molecule has 1 aromatic heterocycles. The van der Waals surface area contributed by atoms with Crippen LogP contribution in [0.5, 0.6) is 5.75 Å². The van der Waals surface area contributed by atoms with E-state index in [4.69, 9.17) is 5.11 Å². The summed E-state index contributed by atoms with van der Waals surface area (Å²) in [6, 6.07) is 0.